The van der Waals surface area contributed by atoms with Crippen LogP contribution in [0.2, 0.25) is 0 Å². The summed E-state index contributed by atoms with van der Waals surface area (Å²) in [5.74, 6) is 0.925. The van der Waals surface area contributed by atoms with Crippen LogP contribution >= 0.6 is 0 Å². The molecule has 0 bridgehead atoms. The molecule has 124 valence electrons. The molecular weight excluding hydrogens is 282 g/mol. The summed E-state index contributed by atoms with van der Waals surface area (Å²) < 4.78 is 6.17. The maximum Gasteiger partial charge on any atom is 0.134 e. The summed E-state index contributed by atoms with van der Waals surface area (Å²) in [6, 6.07) is 9.43. The molecule has 0 unspecified atom stereocenters. The molecule has 1 aromatic rings. The minimum atomic E-state index is -0.0611. The Morgan fingerprint density at radius 1 is 1.00 bits per heavy atom. The van der Waals surface area contributed by atoms with Crippen LogP contribution in [0.15, 0.2) is 30.5 Å². The first-order chi connectivity index (χ1) is 11.4. The first-order valence-corrected chi connectivity index (χ1v) is 9.53. The molecule has 1 aromatic carbocycles. The lowest BCUT2D eigenvalue weighted by atomic mass is 9.75. The Bertz CT molecular complexity index is 551. The van der Waals surface area contributed by atoms with Crippen molar-refractivity contribution >= 4 is 6.08 Å². The second-order valence-corrected chi connectivity index (χ2v) is 7.69. The molecule has 4 rings (SSSR count). The summed E-state index contributed by atoms with van der Waals surface area (Å²) >= 11 is 0. The van der Waals surface area contributed by atoms with Crippen molar-refractivity contribution < 1.29 is 4.74 Å². The van der Waals surface area contributed by atoms with E-state index in [1.54, 1.807) is 0 Å². The molecule has 1 spiro atoms. The van der Waals surface area contributed by atoms with Crippen molar-refractivity contribution in [2.24, 2.45) is 5.92 Å². The van der Waals surface area contributed by atoms with E-state index in [0.29, 0.717) is 6.04 Å². The van der Waals surface area contributed by atoms with E-state index >= 15 is 0 Å². The van der Waals surface area contributed by atoms with Crippen molar-refractivity contribution in [1.82, 2.24) is 5.32 Å². The number of hydrogen-bond acceptors (Lipinski definition) is 2. The molecule has 3 aliphatic rings. The zero-order chi connectivity index (χ0) is 15.5. The lowest BCUT2D eigenvalue weighted by Crippen LogP contribution is -2.43. The summed E-state index contributed by atoms with van der Waals surface area (Å²) in [7, 11) is 0. The highest BCUT2D eigenvalue weighted by Gasteiger charge is 2.40. The largest absolute Gasteiger partial charge is 0.490 e. The number of hydrogen-bond donors (Lipinski definition) is 1. The second-order valence-electron chi connectivity index (χ2n) is 7.69. The Morgan fingerprint density at radius 2 is 1.78 bits per heavy atom. The van der Waals surface area contributed by atoms with Crippen molar-refractivity contribution in [2.45, 2.75) is 69.4 Å². The van der Waals surface area contributed by atoms with Crippen LogP contribution in [0.5, 0.6) is 0 Å². The van der Waals surface area contributed by atoms with Gasteiger partial charge < -0.3 is 10.1 Å². The molecule has 0 atom stereocenters. The van der Waals surface area contributed by atoms with Crippen LogP contribution in [0.3, 0.4) is 0 Å². The molecule has 0 amide bonds. The lowest BCUT2D eigenvalue weighted by Gasteiger charge is -2.42. The highest BCUT2D eigenvalue weighted by Crippen LogP contribution is 2.44. The van der Waals surface area contributed by atoms with Crippen LogP contribution in [0, 0.1) is 5.92 Å². The summed E-state index contributed by atoms with van der Waals surface area (Å²) in [5.41, 5.74) is 2.68. The number of rotatable bonds is 3. The van der Waals surface area contributed by atoms with Gasteiger partial charge in [0.25, 0.3) is 0 Å². The van der Waals surface area contributed by atoms with Crippen molar-refractivity contribution in [1.29, 1.82) is 0 Å². The van der Waals surface area contributed by atoms with Crippen LogP contribution in [0.1, 0.15) is 68.9 Å². The number of benzene rings is 1. The highest BCUT2D eigenvalue weighted by molar-refractivity contribution is 5.57. The molecule has 2 heteroatoms. The van der Waals surface area contributed by atoms with Gasteiger partial charge in [0, 0.05) is 11.6 Å². The average molecular weight is 311 g/mol. The first kappa shape index (κ1) is 15.3. The molecule has 2 saturated carbocycles. The predicted molar refractivity (Wildman–Crippen MR) is 95.1 cm³/mol. The lowest BCUT2D eigenvalue weighted by molar-refractivity contribution is -0.0250. The number of fused-ring (bicyclic) bond motifs is 2. The normalized spacial score (nSPS) is 30.9. The summed E-state index contributed by atoms with van der Waals surface area (Å²) in [6.07, 6.45) is 16.0. The Morgan fingerprint density at radius 3 is 2.61 bits per heavy atom. The zero-order valence-electron chi connectivity index (χ0n) is 14.1. The van der Waals surface area contributed by atoms with Crippen LogP contribution in [0.25, 0.3) is 6.08 Å². The molecule has 1 aliphatic heterocycles. The van der Waals surface area contributed by atoms with Gasteiger partial charge in [0.2, 0.25) is 0 Å². The van der Waals surface area contributed by atoms with E-state index < -0.39 is 0 Å². The van der Waals surface area contributed by atoms with Gasteiger partial charge in [0.1, 0.15) is 5.60 Å². The predicted octanol–water partition coefficient (Wildman–Crippen LogP) is 5.00. The van der Waals surface area contributed by atoms with Gasteiger partial charge in [-0.25, -0.2) is 0 Å². The van der Waals surface area contributed by atoms with Crippen LogP contribution in [0.4, 0.5) is 0 Å². The smallest absolute Gasteiger partial charge is 0.134 e. The van der Waals surface area contributed by atoms with Crippen molar-refractivity contribution in [3.63, 3.8) is 0 Å². The molecular formula is C21H29NO. The summed E-state index contributed by atoms with van der Waals surface area (Å²) in [6.45, 7) is 1.23. The average Bonchev–Trinajstić information content (AvgIpc) is 2.63. The van der Waals surface area contributed by atoms with E-state index in [1.807, 2.05) is 6.26 Å². The molecule has 23 heavy (non-hydrogen) atoms. The fourth-order valence-electron chi connectivity index (χ4n) is 4.76. The van der Waals surface area contributed by atoms with E-state index in [4.69, 9.17) is 4.74 Å². The molecule has 0 aromatic heterocycles. The Labute approximate surface area is 140 Å². The van der Waals surface area contributed by atoms with Crippen LogP contribution in [-0.4, -0.2) is 12.6 Å². The second kappa shape index (κ2) is 6.68. The number of nitrogens with one attached hydrogen (secondary N) is 1. The minimum Gasteiger partial charge on any atom is -0.490 e. The molecule has 1 N–H and O–H groups in total. The van der Waals surface area contributed by atoms with Gasteiger partial charge in [-0.05, 0) is 62.6 Å². The summed E-state index contributed by atoms with van der Waals surface area (Å²) in [5, 5.41) is 3.86. The van der Waals surface area contributed by atoms with E-state index in [2.05, 4.69) is 35.7 Å². The maximum atomic E-state index is 6.17. The molecule has 0 saturated heterocycles. The van der Waals surface area contributed by atoms with Gasteiger partial charge in [0.05, 0.1) is 6.26 Å². The van der Waals surface area contributed by atoms with Gasteiger partial charge in [-0.2, -0.15) is 0 Å². The third-order valence-corrected chi connectivity index (χ3v) is 6.21. The van der Waals surface area contributed by atoms with Crippen LogP contribution < -0.4 is 5.32 Å². The Kier molecular flexibility index (Phi) is 4.43. The zero-order valence-corrected chi connectivity index (χ0v) is 14.1. The van der Waals surface area contributed by atoms with Crippen molar-refractivity contribution in [3.05, 3.63) is 41.7 Å². The van der Waals surface area contributed by atoms with E-state index in [1.165, 1.54) is 62.6 Å². The van der Waals surface area contributed by atoms with Gasteiger partial charge in [-0.15, -0.1) is 0 Å². The third-order valence-electron chi connectivity index (χ3n) is 6.21. The van der Waals surface area contributed by atoms with Crippen molar-refractivity contribution in [3.8, 4) is 0 Å². The highest BCUT2D eigenvalue weighted by atomic mass is 16.5. The van der Waals surface area contributed by atoms with Gasteiger partial charge in [-0.1, -0.05) is 43.5 Å². The maximum absolute atomic E-state index is 6.17. The quantitative estimate of drug-likeness (QED) is 0.848. The third kappa shape index (κ3) is 3.19. The first-order valence-electron chi connectivity index (χ1n) is 9.53. The fourth-order valence-corrected chi connectivity index (χ4v) is 4.76. The molecule has 0 radical (unpaired) electrons. The van der Waals surface area contributed by atoms with Crippen molar-refractivity contribution in [2.75, 3.05) is 6.54 Å². The molecule has 2 aliphatic carbocycles. The number of ether oxygens (including phenoxy) is 1. The van der Waals surface area contributed by atoms with E-state index in [9.17, 15) is 0 Å². The monoisotopic (exact) mass is 311 g/mol. The van der Waals surface area contributed by atoms with E-state index in [0.717, 1.165) is 18.8 Å². The SMILES string of the molecule is C1=Cc2ccccc2C2(CCC(NCC3CCCCC3)CC2)O1. The Balaban J connectivity index is 1.35. The van der Waals surface area contributed by atoms with Gasteiger partial charge in [0.15, 0.2) is 0 Å². The fraction of sp³-hybridized carbons (Fsp3) is 0.619. The minimum absolute atomic E-state index is 0.0611. The van der Waals surface area contributed by atoms with Gasteiger partial charge in [-0.3, -0.25) is 0 Å². The molecule has 2 nitrogen and oxygen atoms in total. The summed E-state index contributed by atoms with van der Waals surface area (Å²) in [4.78, 5) is 0. The van der Waals surface area contributed by atoms with E-state index in [-0.39, 0.29) is 5.60 Å². The van der Waals surface area contributed by atoms with Gasteiger partial charge >= 0.3 is 0 Å². The Hall–Kier alpha value is -1.28. The standard InChI is InChI=1S/C21H29NO/c1-2-6-17(7-3-1)16-22-19-10-13-21(14-11-19)20-9-5-4-8-18(20)12-15-23-21/h4-5,8-9,12,15,17,19,22H,1-3,6-7,10-11,13-14,16H2. The molecule has 2 fully saturated rings. The van der Waals surface area contributed by atoms with Crippen LogP contribution in [-0.2, 0) is 10.3 Å². The topological polar surface area (TPSA) is 21.3 Å². The molecule has 1 heterocycles.